The van der Waals surface area contributed by atoms with Crippen LogP contribution >= 0.6 is 0 Å². The van der Waals surface area contributed by atoms with Crippen LogP contribution in [0.1, 0.15) is 16.8 Å². The van der Waals surface area contributed by atoms with E-state index in [2.05, 4.69) is 10.2 Å². The number of hydrogen-bond acceptors (Lipinski definition) is 3. The number of hydrazone groups is 1. The summed E-state index contributed by atoms with van der Waals surface area (Å²) in [6, 6.07) is 19.2. The van der Waals surface area contributed by atoms with E-state index in [1.165, 1.54) is 5.01 Å². The SMILES string of the molecule is Cc1nn(C)cc1C=C1C(=O)N(c2ccccc2)N=C1c1ccccc1. The first-order chi connectivity index (χ1) is 12.6. The molecule has 0 fully saturated rings. The van der Waals surface area contributed by atoms with Crippen LogP contribution < -0.4 is 5.01 Å². The minimum Gasteiger partial charge on any atom is -0.275 e. The number of nitrogens with zero attached hydrogens (tertiary/aromatic N) is 4. The molecule has 0 atom stereocenters. The Hall–Kier alpha value is -3.47. The Morgan fingerprint density at radius 1 is 0.962 bits per heavy atom. The van der Waals surface area contributed by atoms with E-state index >= 15 is 0 Å². The first-order valence-electron chi connectivity index (χ1n) is 8.39. The van der Waals surface area contributed by atoms with Crippen LogP contribution in [0.25, 0.3) is 6.08 Å². The molecule has 0 spiro atoms. The fraction of sp³-hybridized carbons (Fsp3) is 0.0952. The van der Waals surface area contributed by atoms with Gasteiger partial charge in [0.2, 0.25) is 0 Å². The Morgan fingerprint density at radius 3 is 2.23 bits per heavy atom. The van der Waals surface area contributed by atoms with Crippen molar-refractivity contribution in [1.29, 1.82) is 0 Å². The van der Waals surface area contributed by atoms with Crippen LogP contribution in [0.15, 0.2) is 77.5 Å². The highest BCUT2D eigenvalue weighted by Gasteiger charge is 2.32. The molecule has 4 rings (SSSR count). The second kappa shape index (κ2) is 6.44. The molecule has 26 heavy (non-hydrogen) atoms. The minimum atomic E-state index is -0.140. The first-order valence-corrected chi connectivity index (χ1v) is 8.39. The molecule has 128 valence electrons. The molecule has 2 heterocycles. The van der Waals surface area contributed by atoms with Crippen molar-refractivity contribution in [1.82, 2.24) is 9.78 Å². The van der Waals surface area contributed by atoms with Crippen LogP contribution in [0.3, 0.4) is 0 Å². The van der Waals surface area contributed by atoms with E-state index in [1.807, 2.05) is 86.9 Å². The van der Waals surface area contributed by atoms with Crippen LogP contribution in [0.2, 0.25) is 0 Å². The highest BCUT2D eigenvalue weighted by Crippen LogP contribution is 2.28. The van der Waals surface area contributed by atoms with E-state index in [4.69, 9.17) is 0 Å². The largest absolute Gasteiger partial charge is 0.281 e. The Balaban J connectivity index is 1.85. The summed E-state index contributed by atoms with van der Waals surface area (Å²) >= 11 is 0. The monoisotopic (exact) mass is 342 g/mol. The number of anilines is 1. The Labute approximate surface area is 151 Å². The molecule has 1 amide bonds. The smallest absolute Gasteiger partial charge is 0.275 e. The number of benzene rings is 2. The van der Waals surface area contributed by atoms with Crippen LogP contribution in [0.4, 0.5) is 5.69 Å². The third kappa shape index (κ3) is 2.84. The van der Waals surface area contributed by atoms with Gasteiger partial charge in [0.15, 0.2) is 0 Å². The third-order valence-corrected chi connectivity index (χ3v) is 4.28. The Bertz CT molecular complexity index is 1020. The summed E-state index contributed by atoms with van der Waals surface area (Å²) < 4.78 is 1.75. The lowest BCUT2D eigenvalue weighted by Crippen LogP contribution is -2.21. The predicted octanol–water partition coefficient (Wildman–Crippen LogP) is 3.56. The summed E-state index contributed by atoms with van der Waals surface area (Å²) in [5.41, 5.74) is 4.68. The summed E-state index contributed by atoms with van der Waals surface area (Å²) in [5, 5.41) is 10.4. The molecule has 1 aromatic heterocycles. The molecule has 0 bridgehead atoms. The molecule has 0 N–H and O–H groups in total. The quantitative estimate of drug-likeness (QED) is 0.683. The van der Waals surface area contributed by atoms with Gasteiger partial charge in [-0.2, -0.15) is 15.2 Å². The maximum absolute atomic E-state index is 13.1. The predicted molar refractivity (Wildman–Crippen MR) is 103 cm³/mol. The average molecular weight is 342 g/mol. The molecule has 0 saturated heterocycles. The van der Waals surface area contributed by atoms with Gasteiger partial charge in [-0.25, -0.2) is 0 Å². The lowest BCUT2D eigenvalue weighted by atomic mass is 10.0. The fourth-order valence-corrected chi connectivity index (χ4v) is 3.01. The van der Waals surface area contributed by atoms with Crippen molar-refractivity contribution in [2.45, 2.75) is 6.92 Å². The Kier molecular flexibility index (Phi) is 3.97. The average Bonchev–Trinajstić information content (AvgIpc) is 3.16. The van der Waals surface area contributed by atoms with Crippen molar-refractivity contribution in [2.24, 2.45) is 12.1 Å². The molecule has 1 aliphatic heterocycles. The van der Waals surface area contributed by atoms with Gasteiger partial charge in [-0.15, -0.1) is 0 Å². The van der Waals surface area contributed by atoms with Crippen molar-refractivity contribution in [3.63, 3.8) is 0 Å². The molecule has 5 nitrogen and oxygen atoms in total. The minimum absolute atomic E-state index is 0.140. The first kappa shape index (κ1) is 16.0. The molecular formula is C21H18N4O. The van der Waals surface area contributed by atoms with Gasteiger partial charge >= 0.3 is 0 Å². The molecule has 1 aliphatic rings. The normalized spacial score (nSPS) is 15.6. The van der Waals surface area contributed by atoms with Crippen molar-refractivity contribution in [3.05, 3.63) is 89.3 Å². The van der Waals surface area contributed by atoms with Crippen molar-refractivity contribution < 1.29 is 4.79 Å². The van der Waals surface area contributed by atoms with E-state index in [-0.39, 0.29) is 5.91 Å². The number of para-hydroxylation sites is 1. The van der Waals surface area contributed by atoms with Gasteiger partial charge in [-0.1, -0.05) is 48.5 Å². The van der Waals surface area contributed by atoms with Gasteiger partial charge < -0.3 is 0 Å². The van der Waals surface area contributed by atoms with Gasteiger partial charge in [-0.05, 0) is 25.1 Å². The summed E-state index contributed by atoms with van der Waals surface area (Å²) in [6.07, 6.45) is 3.78. The molecule has 5 heteroatoms. The number of carbonyl (C=O) groups is 1. The molecule has 0 radical (unpaired) electrons. The zero-order chi connectivity index (χ0) is 18.1. The molecule has 2 aromatic carbocycles. The summed E-state index contributed by atoms with van der Waals surface area (Å²) in [6.45, 7) is 1.93. The molecule has 0 saturated carbocycles. The van der Waals surface area contributed by atoms with Crippen molar-refractivity contribution >= 4 is 23.4 Å². The second-order valence-electron chi connectivity index (χ2n) is 6.17. The third-order valence-electron chi connectivity index (χ3n) is 4.28. The topological polar surface area (TPSA) is 50.5 Å². The number of hydrogen-bond donors (Lipinski definition) is 0. The highest BCUT2D eigenvalue weighted by atomic mass is 16.2. The van der Waals surface area contributed by atoms with Gasteiger partial charge in [0.05, 0.1) is 17.0 Å². The number of rotatable bonds is 3. The van der Waals surface area contributed by atoms with E-state index < -0.39 is 0 Å². The number of carbonyl (C=O) groups excluding carboxylic acids is 1. The maximum Gasteiger partial charge on any atom is 0.281 e. The second-order valence-corrected chi connectivity index (χ2v) is 6.17. The van der Waals surface area contributed by atoms with Crippen molar-refractivity contribution in [2.75, 3.05) is 5.01 Å². The van der Waals surface area contributed by atoms with Crippen molar-refractivity contribution in [3.8, 4) is 0 Å². The van der Waals surface area contributed by atoms with Gasteiger partial charge in [0.1, 0.15) is 5.71 Å². The van der Waals surface area contributed by atoms with E-state index in [9.17, 15) is 4.79 Å². The van der Waals surface area contributed by atoms with Gasteiger partial charge in [0, 0.05) is 24.4 Å². The number of amides is 1. The van der Waals surface area contributed by atoms with Gasteiger partial charge in [-0.3, -0.25) is 9.48 Å². The molecular weight excluding hydrogens is 324 g/mol. The van der Waals surface area contributed by atoms with Gasteiger partial charge in [0.25, 0.3) is 5.91 Å². The lowest BCUT2D eigenvalue weighted by molar-refractivity contribution is -0.114. The maximum atomic E-state index is 13.1. The van der Waals surface area contributed by atoms with E-state index in [1.54, 1.807) is 4.68 Å². The molecule has 0 unspecified atom stereocenters. The number of aryl methyl sites for hydroxylation is 2. The summed E-state index contributed by atoms with van der Waals surface area (Å²) in [4.78, 5) is 13.1. The van der Waals surface area contributed by atoms with Crippen LogP contribution in [-0.4, -0.2) is 21.4 Å². The van der Waals surface area contributed by atoms with Crippen LogP contribution in [0, 0.1) is 6.92 Å². The fourth-order valence-electron chi connectivity index (χ4n) is 3.01. The van der Waals surface area contributed by atoms with E-state index in [0.29, 0.717) is 11.3 Å². The lowest BCUT2D eigenvalue weighted by Gasteiger charge is -2.10. The Morgan fingerprint density at radius 2 is 1.62 bits per heavy atom. The molecule has 3 aromatic rings. The van der Waals surface area contributed by atoms with Crippen LogP contribution in [-0.2, 0) is 11.8 Å². The van der Waals surface area contributed by atoms with E-state index in [0.717, 1.165) is 22.5 Å². The van der Waals surface area contributed by atoms with Crippen LogP contribution in [0.5, 0.6) is 0 Å². The zero-order valence-electron chi connectivity index (χ0n) is 14.6. The standard InChI is InChI=1S/C21H18N4O/c1-15-17(14-24(2)22-15)13-19-20(16-9-5-3-6-10-16)23-25(21(19)26)18-11-7-4-8-12-18/h3-14H,1-2H3. The summed E-state index contributed by atoms with van der Waals surface area (Å²) in [5.74, 6) is -0.140. The molecule has 0 aliphatic carbocycles. The number of aromatic nitrogens is 2. The summed E-state index contributed by atoms with van der Waals surface area (Å²) in [7, 11) is 1.87. The zero-order valence-corrected chi connectivity index (χ0v) is 14.6. The highest BCUT2D eigenvalue weighted by molar-refractivity contribution is 6.37.